The van der Waals surface area contributed by atoms with Crippen molar-refractivity contribution in [3.05, 3.63) is 23.9 Å². The van der Waals surface area contributed by atoms with Gasteiger partial charge < -0.3 is 4.90 Å². The summed E-state index contributed by atoms with van der Waals surface area (Å²) in [6.07, 6.45) is -2.84. The van der Waals surface area contributed by atoms with Crippen molar-refractivity contribution in [2.24, 2.45) is 16.7 Å². The number of pyridine rings is 1. The summed E-state index contributed by atoms with van der Waals surface area (Å²) in [5.74, 6) is 0.437. The topological polar surface area (TPSA) is 53.5 Å². The third kappa shape index (κ3) is 3.39. The molecule has 0 aromatic carbocycles. The fourth-order valence-electron chi connectivity index (χ4n) is 5.67. The van der Waals surface area contributed by atoms with Gasteiger partial charge in [-0.2, -0.15) is 17.5 Å². The Morgan fingerprint density at radius 1 is 1.17 bits per heavy atom. The molecule has 0 spiro atoms. The first-order chi connectivity index (χ1) is 13.9. The first-order valence-corrected chi connectivity index (χ1v) is 11.9. The minimum Gasteiger partial charge on any atom is -0.354 e. The Bertz CT molecular complexity index is 896. The van der Waals surface area contributed by atoms with Gasteiger partial charge in [0.15, 0.2) is 0 Å². The zero-order valence-corrected chi connectivity index (χ0v) is 17.9. The Labute approximate surface area is 174 Å². The summed E-state index contributed by atoms with van der Waals surface area (Å²) >= 11 is 0. The van der Waals surface area contributed by atoms with E-state index in [1.165, 1.54) is 10.4 Å². The molecule has 1 unspecified atom stereocenters. The summed E-state index contributed by atoms with van der Waals surface area (Å²) in [6.45, 7) is 5.07. The molecular weight excluding hydrogens is 422 g/mol. The van der Waals surface area contributed by atoms with Gasteiger partial charge in [-0.1, -0.05) is 13.8 Å². The number of hydrogen-bond donors (Lipinski definition) is 0. The summed E-state index contributed by atoms with van der Waals surface area (Å²) in [7, 11) is -3.65. The molecule has 30 heavy (non-hydrogen) atoms. The van der Waals surface area contributed by atoms with E-state index >= 15 is 0 Å². The fourth-order valence-corrected chi connectivity index (χ4v) is 7.92. The largest absolute Gasteiger partial charge is 0.417 e. The first kappa shape index (κ1) is 21.8. The second kappa shape index (κ2) is 7.05. The molecule has 3 aliphatic rings. The van der Waals surface area contributed by atoms with Crippen molar-refractivity contribution in [3.8, 4) is 0 Å². The van der Waals surface area contributed by atoms with Gasteiger partial charge in [-0.05, 0) is 42.7 Å². The van der Waals surface area contributed by atoms with E-state index in [4.69, 9.17) is 0 Å². The van der Waals surface area contributed by atoms with Crippen LogP contribution >= 0.6 is 0 Å². The van der Waals surface area contributed by atoms with Crippen molar-refractivity contribution in [1.29, 1.82) is 0 Å². The van der Waals surface area contributed by atoms with Crippen molar-refractivity contribution in [3.63, 3.8) is 0 Å². The Morgan fingerprint density at radius 3 is 2.30 bits per heavy atom. The molecule has 4 rings (SSSR count). The molecule has 168 valence electrons. The van der Waals surface area contributed by atoms with Crippen LogP contribution in [0, 0.1) is 16.7 Å². The summed E-state index contributed by atoms with van der Waals surface area (Å²) in [5, 5.41) is 0. The van der Waals surface area contributed by atoms with Gasteiger partial charge >= 0.3 is 6.18 Å². The van der Waals surface area contributed by atoms with Crippen LogP contribution < -0.4 is 4.90 Å². The van der Waals surface area contributed by atoms with Gasteiger partial charge in [-0.15, -0.1) is 0 Å². The molecule has 10 heteroatoms. The summed E-state index contributed by atoms with van der Waals surface area (Å²) in [6, 6.07) is 2.28. The predicted octanol–water partition coefficient (Wildman–Crippen LogP) is 3.72. The van der Waals surface area contributed by atoms with Crippen LogP contribution in [0.15, 0.2) is 18.3 Å². The van der Waals surface area contributed by atoms with Gasteiger partial charge in [0.2, 0.25) is 10.0 Å². The van der Waals surface area contributed by atoms with E-state index in [9.17, 15) is 26.0 Å². The second-order valence-electron chi connectivity index (χ2n) is 9.36. The summed E-state index contributed by atoms with van der Waals surface area (Å²) in [5.41, 5.74) is -1.99. The molecule has 5 nitrogen and oxygen atoms in total. The van der Waals surface area contributed by atoms with Crippen LogP contribution in [-0.2, 0) is 16.2 Å². The van der Waals surface area contributed by atoms with Crippen molar-refractivity contribution in [2.45, 2.75) is 45.5 Å². The van der Waals surface area contributed by atoms with E-state index in [0.717, 1.165) is 18.7 Å². The maximum absolute atomic E-state index is 14.9. The lowest BCUT2D eigenvalue weighted by Gasteiger charge is -2.42. The van der Waals surface area contributed by atoms with Crippen LogP contribution in [0.1, 0.15) is 38.7 Å². The zero-order valence-electron chi connectivity index (χ0n) is 17.1. The molecule has 0 N–H and O–H groups in total. The lowest BCUT2D eigenvalue weighted by Crippen LogP contribution is -2.53. The van der Waals surface area contributed by atoms with Crippen LogP contribution in [0.2, 0.25) is 0 Å². The smallest absolute Gasteiger partial charge is 0.354 e. The monoisotopic (exact) mass is 449 g/mol. The summed E-state index contributed by atoms with van der Waals surface area (Å²) in [4.78, 5) is 5.66. The van der Waals surface area contributed by atoms with E-state index in [1.807, 2.05) is 13.8 Å². The average molecular weight is 450 g/mol. The number of sulfonamides is 1. The van der Waals surface area contributed by atoms with Gasteiger partial charge in [0.1, 0.15) is 12.0 Å². The molecule has 1 aromatic rings. The molecule has 2 bridgehead atoms. The first-order valence-electron chi connectivity index (χ1n) is 10.3. The van der Waals surface area contributed by atoms with E-state index in [2.05, 4.69) is 4.98 Å². The fraction of sp³-hybridized carbons (Fsp3) is 0.750. The number of nitrogens with zero attached hydrogens (tertiary/aromatic N) is 3. The average Bonchev–Trinajstić information content (AvgIpc) is 3.01. The predicted molar refractivity (Wildman–Crippen MR) is 105 cm³/mol. The summed E-state index contributed by atoms with van der Waals surface area (Å²) < 4.78 is 80.7. The molecule has 2 aliphatic carbocycles. The third-order valence-corrected chi connectivity index (χ3v) is 9.84. The molecular formula is C20H27F4N3O2S. The standard InChI is InChI=1S/C20H27F4N3O2S/c1-18(2)14-5-6-19(18,16(21)11-14)13-30(28,29)27-9-7-26(8-10-27)17-4-3-15(12-25-17)20(22,23)24/h3-4,12,14,16H,5-11,13H2,1-2H3/t14-,16?,19-/m1/s1. The Balaban J connectivity index is 1.42. The zero-order chi connectivity index (χ0) is 21.9. The number of rotatable bonds is 4. The van der Waals surface area contributed by atoms with Crippen LogP contribution in [0.3, 0.4) is 0 Å². The minimum absolute atomic E-state index is 0.177. The molecule has 1 aliphatic heterocycles. The number of fused-ring (bicyclic) bond motifs is 2. The van der Waals surface area contributed by atoms with Crippen LogP contribution in [0.5, 0.6) is 0 Å². The number of aromatic nitrogens is 1. The number of alkyl halides is 4. The van der Waals surface area contributed by atoms with E-state index < -0.39 is 33.3 Å². The number of piperazine rings is 1. The highest BCUT2D eigenvalue weighted by atomic mass is 32.2. The lowest BCUT2D eigenvalue weighted by atomic mass is 9.70. The number of halogens is 4. The SMILES string of the molecule is CC1(C)[C@@H]2CC[C@@]1(CS(=O)(=O)N1CCN(c3ccc(C(F)(F)F)cn3)CC1)C(F)C2. The van der Waals surface area contributed by atoms with E-state index in [1.54, 1.807) is 4.90 Å². The van der Waals surface area contributed by atoms with Gasteiger partial charge in [0.05, 0.1) is 11.3 Å². The van der Waals surface area contributed by atoms with Crippen LogP contribution in [0.25, 0.3) is 0 Å². The molecule has 0 radical (unpaired) electrons. The highest BCUT2D eigenvalue weighted by Gasteiger charge is 2.66. The highest BCUT2D eigenvalue weighted by molar-refractivity contribution is 7.89. The quantitative estimate of drug-likeness (QED) is 0.658. The molecule has 1 saturated heterocycles. The van der Waals surface area contributed by atoms with Gasteiger partial charge in [0, 0.05) is 37.8 Å². The van der Waals surface area contributed by atoms with Crippen LogP contribution in [-0.4, -0.2) is 55.8 Å². The van der Waals surface area contributed by atoms with Crippen LogP contribution in [0.4, 0.5) is 23.4 Å². The number of anilines is 1. The third-order valence-electron chi connectivity index (χ3n) is 7.81. The lowest BCUT2D eigenvalue weighted by molar-refractivity contribution is -0.137. The Kier molecular flexibility index (Phi) is 5.12. The Morgan fingerprint density at radius 2 is 1.83 bits per heavy atom. The second-order valence-corrected chi connectivity index (χ2v) is 11.3. The molecule has 0 amide bonds. The molecule has 3 atom stereocenters. The maximum atomic E-state index is 14.9. The van der Waals surface area contributed by atoms with Gasteiger partial charge in [-0.25, -0.2) is 17.8 Å². The van der Waals surface area contributed by atoms with Gasteiger partial charge in [0.25, 0.3) is 0 Å². The molecule has 1 aromatic heterocycles. The molecule has 2 heterocycles. The van der Waals surface area contributed by atoms with E-state index in [-0.39, 0.29) is 30.2 Å². The number of hydrogen-bond acceptors (Lipinski definition) is 4. The van der Waals surface area contributed by atoms with Gasteiger partial charge in [-0.3, -0.25) is 0 Å². The maximum Gasteiger partial charge on any atom is 0.417 e. The normalized spacial score (nSPS) is 32.0. The minimum atomic E-state index is -4.45. The van der Waals surface area contributed by atoms with Crippen molar-refractivity contribution < 1.29 is 26.0 Å². The van der Waals surface area contributed by atoms with Crippen molar-refractivity contribution >= 4 is 15.8 Å². The van der Waals surface area contributed by atoms with E-state index in [0.29, 0.717) is 31.7 Å². The van der Waals surface area contributed by atoms with Crippen molar-refractivity contribution in [1.82, 2.24) is 9.29 Å². The molecule has 3 fully saturated rings. The van der Waals surface area contributed by atoms with Crippen molar-refractivity contribution in [2.75, 3.05) is 36.8 Å². The Hall–Kier alpha value is -1.42. The highest BCUT2D eigenvalue weighted by Crippen LogP contribution is 2.67. The molecule has 2 saturated carbocycles.